The van der Waals surface area contributed by atoms with Crippen LogP contribution in [-0.4, -0.2) is 18.9 Å². The molecule has 0 saturated carbocycles. The van der Waals surface area contributed by atoms with Gasteiger partial charge in [0, 0.05) is 10.6 Å². The zero-order chi connectivity index (χ0) is 15.2. The fourth-order valence-electron chi connectivity index (χ4n) is 2.09. The van der Waals surface area contributed by atoms with Gasteiger partial charge in [-0.2, -0.15) is 0 Å². The molecule has 2 aromatic carbocycles. The van der Waals surface area contributed by atoms with Crippen LogP contribution < -0.4 is 0 Å². The molecule has 2 rings (SSSR count). The van der Waals surface area contributed by atoms with E-state index >= 15 is 0 Å². The molecule has 21 heavy (non-hydrogen) atoms. The summed E-state index contributed by atoms with van der Waals surface area (Å²) >= 11 is 5.81. The normalized spacial score (nSPS) is 11.7. The highest BCUT2D eigenvalue weighted by atomic mass is 35.5. The molecule has 0 N–H and O–H groups in total. The van der Waals surface area contributed by atoms with Crippen LogP contribution in [0.2, 0.25) is 5.02 Å². The average Bonchev–Trinajstić information content (AvgIpc) is 2.53. The Morgan fingerprint density at radius 2 is 1.67 bits per heavy atom. The van der Waals surface area contributed by atoms with E-state index in [2.05, 4.69) is 0 Å². The highest BCUT2D eigenvalue weighted by Crippen LogP contribution is 2.18. The smallest absolute Gasteiger partial charge is 0.316 e. The van der Waals surface area contributed by atoms with Gasteiger partial charge in [-0.05, 0) is 36.2 Å². The number of ketones is 1. The molecular weight excluding hydrogens is 288 g/mol. The monoisotopic (exact) mass is 302 g/mol. The summed E-state index contributed by atoms with van der Waals surface area (Å²) < 4.78 is 4.77. The van der Waals surface area contributed by atoms with Gasteiger partial charge >= 0.3 is 5.97 Å². The molecule has 0 aromatic heterocycles. The molecule has 0 fully saturated rings. The number of carbonyl (C=O) groups excluding carboxylic acids is 2. The van der Waals surface area contributed by atoms with Crippen LogP contribution in [0.15, 0.2) is 54.6 Å². The highest BCUT2D eigenvalue weighted by molar-refractivity contribution is 6.30. The van der Waals surface area contributed by atoms with Crippen molar-refractivity contribution in [2.45, 2.75) is 6.42 Å². The number of carbonyl (C=O) groups is 2. The van der Waals surface area contributed by atoms with Crippen LogP contribution in [0.4, 0.5) is 0 Å². The molecule has 2 aromatic rings. The molecule has 1 atom stereocenters. The third kappa shape index (κ3) is 3.92. The van der Waals surface area contributed by atoms with E-state index in [0.29, 0.717) is 17.0 Å². The van der Waals surface area contributed by atoms with Gasteiger partial charge in [-0.15, -0.1) is 0 Å². The van der Waals surface area contributed by atoms with Gasteiger partial charge in [-0.25, -0.2) is 0 Å². The fraction of sp³-hybridized carbons (Fsp3) is 0.176. The van der Waals surface area contributed by atoms with E-state index in [0.717, 1.165) is 5.56 Å². The van der Waals surface area contributed by atoms with Crippen LogP contribution in [0.3, 0.4) is 0 Å². The van der Waals surface area contributed by atoms with Crippen LogP contribution in [0, 0.1) is 5.92 Å². The second kappa shape index (κ2) is 7.04. The second-order valence-electron chi connectivity index (χ2n) is 4.64. The number of hydrogen-bond acceptors (Lipinski definition) is 3. The quantitative estimate of drug-likeness (QED) is 0.482. The van der Waals surface area contributed by atoms with E-state index in [1.54, 1.807) is 24.3 Å². The topological polar surface area (TPSA) is 43.4 Å². The first kappa shape index (κ1) is 15.3. The largest absolute Gasteiger partial charge is 0.468 e. The van der Waals surface area contributed by atoms with Crippen molar-refractivity contribution in [3.63, 3.8) is 0 Å². The van der Waals surface area contributed by atoms with Gasteiger partial charge in [0.15, 0.2) is 5.78 Å². The molecular formula is C17H15ClO3. The Bertz CT molecular complexity index is 620. The number of halogens is 1. The number of rotatable bonds is 5. The van der Waals surface area contributed by atoms with Gasteiger partial charge in [-0.1, -0.05) is 41.9 Å². The number of hydrogen-bond donors (Lipinski definition) is 0. The minimum Gasteiger partial charge on any atom is -0.468 e. The van der Waals surface area contributed by atoms with Crippen molar-refractivity contribution in [2.24, 2.45) is 5.92 Å². The predicted octanol–water partition coefficient (Wildman–Crippen LogP) is 3.55. The Morgan fingerprint density at radius 1 is 1.05 bits per heavy atom. The van der Waals surface area contributed by atoms with Crippen molar-refractivity contribution < 1.29 is 14.3 Å². The SMILES string of the molecule is COC(=O)C(Cc1ccccc1)C(=O)c1ccc(Cl)cc1. The number of benzene rings is 2. The molecule has 4 heteroatoms. The molecule has 0 heterocycles. The van der Waals surface area contributed by atoms with E-state index in [1.807, 2.05) is 30.3 Å². The molecule has 0 saturated heterocycles. The molecule has 108 valence electrons. The summed E-state index contributed by atoms with van der Waals surface area (Å²) in [6, 6.07) is 15.9. The van der Waals surface area contributed by atoms with Gasteiger partial charge in [-0.3, -0.25) is 9.59 Å². The zero-order valence-electron chi connectivity index (χ0n) is 11.6. The minimum absolute atomic E-state index is 0.262. The molecule has 0 radical (unpaired) electrons. The van der Waals surface area contributed by atoms with Gasteiger partial charge in [0.05, 0.1) is 7.11 Å². The van der Waals surface area contributed by atoms with Crippen LogP contribution in [0.5, 0.6) is 0 Å². The summed E-state index contributed by atoms with van der Waals surface area (Å²) in [7, 11) is 1.29. The van der Waals surface area contributed by atoms with Gasteiger partial charge < -0.3 is 4.74 Å². The predicted molar refractivity (Wildman–Crippen MR) is 81.4 cm³/mol. The first-order valence-electron chi connectivity index (χ1n) is 6.53. The van der Waals surface area contributed by atoms with Gasteiger partial charge in [0.1, 0.15) is 5.92 Å². The minimum atomic E-state index is -0.849. The number of methoxy groups -OCH3 is 1. The van der Waals surface area contributed by atoms with E-state index < -0.39 is 11.9 Å². The van der Waals surface area contributed by atoms with Crippen molar-refractivity contribution in [2.75, 3.05) is 7.11 Å². The van der Waals surface area contributed by atoms with Crippen LogP contribution in [0.25, 0.3) is 0 Å². The number of esters is 1. The summed E-state index contributed by atoms with van der Waals surface area (Å²) in [5, 5.41) is 0.546. The molecule has 1 unspecified atom stereocenters. The van der Waals surface area contributed by atoms with Gasteiger partial charge in [0.25, 0.3) is 0 Å². The van der Waals surface area contributed by atoms with Crippen molar-refractivity contribution >= 4 is 23.4 Å². The van der Waals surface area contributed by atoms with Crippen molar-refractivity contribution in [1.29, 1.82) is 0 Å². The van der Waals surface area contributed by atoms with Crippen molar-refractivity contribution in [3.8, 4) is 0 Å². The van der Waals surface area contributed by atoms with Crippen molar-refractivity contribution in [3.05, 3.63) is 70.7 Å². The lowest BCUT2D eigenvalue weighted by atomic mass is 9.91. The molecule has 0 aliphatic heterocycles. The van der Waals surface area contributed by atoms with Gasteiger partial charge in [0.2, 0.25) is 0 Å². The first-order chi connectivity index (χ1) is 10.1. The Hall–Kier alpha value is -2.13. The maximum Gasteiger partial charge on any atom is 0.316 e. The Kier molecular flexibility index (Phi) is 5.12. The zero-order valence-corrected chi connectivity index (χ0v) is 12.3. The lowest BCUT2D eigenvalue weighted by Gasteiger charge is -2.14. The average molecular weight is 303 g/mol. The molecule has 3 nitrogen and oxygen atoms in total. The molecule has 0 spiro atoms. The van der Waals surface area contributed by atoms with E-state index in [-0.39, 0.29) is 5.78 Å². The molecule has 0 aliphatic carbocycles. The Balaban J connectivity index is 2.25. The summed E-state index contributed by atoms with van der Waals surface area (Å²) in [6.45, 7) is 0. The summed E-state index contributed by atoms with van der Waals surface area (Å²) in [5.74, 6) is -1.64. The number of ether oxygens (including phenoxy) is 1. The third-order valence-electron chi connectivity index (χ3n) is 3.21. The molecule has 0 bridgehead atoms. The van der Waals surface area contributed by atoms with Crippen LogP contribution >= 0.6 is 11.6 Å². The number of Topliss-reactive ketones (excluding diaryl/α,β-unsaturated/α-hetero) is 1. The Morgan fingerprint density at radius 3 is 2.24 bits per heavy atom. The summed E-state index contributed by atoms with van der Waals surface area (Å²) in [4.78, 5) is 24.4. The van der Waals surface area contributed by atoms with E-state index in [4.69, 9.17) is 16.3 Å². The summed E-state index contributed by atoms with van der Waals surface area (Å²) in [5.41, 5.74) is 1.36. The van der Waals surface area contributed by atoms with Crippen molar-refractivity contribution in [1.82, 2.24) is 0 Å². The van der Waals surface area contributed by atoms with Crippen LogP contribution in [-0.2, 0) is 16.0 Å². The maximum absolute atomic E-state index is 12.5. The lowest BCUT2D eigenvalue weighted by Crippen LogP contribution is -2.27. The fourth-order valence-corrected chi connectivity index (χ4v) is 2.22. The van der Waals surface area contributed by atoms with E-state index in [1.165, 1.54) is 7.11 Å². The third-order valence-corrected chi connectivity index (χ3v) is 3.47. The van der Waals surface area contributed by atoms with Crippen LogP contribution in [0.1, 0.15) is 15.9 Å². The Labute approximate surface area is 128 Å². The summed E-state index contributed by atoms with van der Waals surface area (Å²) in [6.07, 6.45) is 0.314. The lowest BCUT2D eigenvalue weighted by molar-refractivity contribution is -0.143. The second-order valence-corrected chi connectivity index (χ2v) is 5.07. The first-order valence-corrected chi connectivity index (χ1v) is 6.91. The van der Waals surface area contributed by atoms with E-state index in [9.17, 15) is 9.59 Å². The highest BCUT2D eigenvalue weighted by Gasteiger charge is 2.28. The maximum atomic E-state index is 12.5. The molecule has 0 aliphatic rings. The standard InChI is InChI=1S/C17H15ClO3/c1-21-17(20)15(11-12-5-3-2-4-6-12)16(19)13-7-9-14(18)10-8-13/h2-10,15H,11H2,1H3. The molecule has 0 amide bonds.